The lowest BCUT2D eigenvalue weighted by atomic mass is 10.2. The first-order chi connectivity index (χ1) is 7.08. The predicted molar refractivity (Wildman–Crippen MR) is 60.8 cm³/mol. The van der Waals surface area contributed by atoms with Crippen molar-refractivity contribution in [3.63, 3.8) is 0 Å². The van der Waals surface area contributed by atoms with Crippen molar-refractivity contribution in [1.82, 2.24) is 4.98 Å². The zero-order valence-electron chi connectivity index (χ0n) is 8.54. The number of anilines is 1. The van der Waals surface area contributed by atoms with E-state index in [1.165, 1.54) is 0 Å². The van der Waals surface area contributed by atoms with Crippen molar-refractivity contribution in [1.29, 1.82) is 0 Å². The van der Waals surface area contributed by atoms with Gasteiger partial charge in [-0.2, -0.15) is 0 Å². The molecule has 2 aromatic rings. The predicted octanol–water partition coefficient (Wildman–Crippen LogP) is 3.19. The van der Waals surface area contributed by atoms with E-state index in [1.807, 2.05) is 19.9 Å². The molecule has 0 saturated carbocycles. The monoisotopic (exact) mass is 222 g/mol. The van der Waals surface area contributed by atoms with E-state index in [0.717, 1.165) is 17.0 Å². The maximum atomic E-state index is 6.05. The second kappa shape index (κ2) is 3.59. The summed E-state index contributed by atoms with van der Waals surface area (Å²) >= 11 is 6.05. The van der Waals surface area contributed by atoms with Crippen LogP contribution >= 0.6 is 11.6 Å². The molecule has 0 atom stereocenters. The first kappa shape index (κ1) is 10.1. The molecule has 0 aliphatic heterocycles. The van der Waals surface area contributed by atoms with Gasteiger partial charge >= 0.3 is 0 Å². The van der Waals surface area contributed by atoms with E-state index in [1.54, 1.807) is 12.1 Å². The highest BCUT2D eigenvalue weighted by atomic mass is 35.5. The van der Waals surface area contributed by atoms with Gasteiger partial charge in [-0.05, 0) is 32.0 Å². The Balaban J connectivity index is 2.54. The summed E-state index contributed by atoms with van der Waals surface area (Å²) in [6, 6.07) is 5.27. The molecule has 0 radical (unpaired) electrons. The number of halogens is 1. The summed E-state index contributed by atoms with van der Waals surface area (Å²) in [5.74, 6) is 1.34. The quantitative estimate of drug-likeness (QED) is 0.754. The fourth-order valence-corrected chi connectivity index (χ4v) is 1.56. The topological polar surface area (TPSA) is 52.0 Å². The van der Waals surface area contributed by atoms with Gasteiger partial charge in [-0.3, -0.25) is 0 Å². The molecule has 0 aliphatic rings. The van der Waals surface area contributed by atoms with E-state index >= 15 is 0 Å². The Labute approximate surface area is 92.9 Å². The summed E-state index contributed by atoms with van der Waals surface area (Å²) in [6.45, 7) is 3.77. The summed E-state index contributed by atoms with van der Waals surface area (Å²) in [6.07, 6.45) is 0. The van der Waals surface area contributed by atoms with E-state index in [2.05, 4.69) is 4.98 Å². The van der Waals surface area contributed by atoms with Crippen molar-refractivity contribution < 1.29 is 4.42 Å². The first-order valence-electron chi connectivity index (χ1n) is 4.57. The van der Waals surface area contributed by atoms with Gasteiger partial charge in [0.1, 0.15) is 5.76 Å². The Morgan fingerprint density at radius 1 is 1.33 bits per heavy atom. The standard InChI is InChI=1S/C11H11ClN2O/c1-6-7(2)15-11(14-6)9-4-3-8(13)5-10(9)12/h3-5H,13H2,1-2H3. The highest BCUT2D eigenvalue weighted by molar-refractivity contribution is 6.33. The molecule has 2 N–H and O–H groups in total. The molecule has 0 aliphatic carbocycles. The molecule has 0 fully saturated rings. The van der Waals surface area contributed by atoms with Gasteiger partial charge in [0.2, 0.25) is 5.89 Å². The van der Waals surface area contributed by atoms with Crippen LogP contribution < -0.4 is 5.73 Å². The van der Waals surface area contributed by atoms with E-state index in [9.17, 15) is 0 Å². The average Bonchev–Trinajstić information content (AvgIpc) is 2.46. The third-order valence-electron chi connectivity index (χ3n) is 2.25. The minimum absolute atomic E-state index is 0.537. The summed E-state index contributed by atoms with van der Waals surface area (Å²) in [4.78, 5) is 4.28. The smallest absolute Gasteiger partial charge is 0.228 e. The molecule has 78 valence electrons. The molecule has 1 heterocycles. The lowest BCUT2D eigenvalue weighted by Gasteiger charge is -2.00. The van der Waals surface area contributed by atoms with Gasteiger partial charge in [-0.25, -0.2) is 4.98 Å². The van der Waals surface area contributed by atoms with Gasteiger partial charge in [0, 0.05) is 5.69 Å². The van der Waals surface area contributed by atoms with Crippen molar-refractivity contribution in [2.24, 2.45) is 0 Å². The second-order valence-electron chi connectivity index (χ2n) is 3.40. The zero-order chi connectivity index (χ0) is 11.0. The van der Waals surface area contributed by atoms with Crippen LogP contribution in [0.15, 0.2) is 22.6 Å². The number of nitrogen functional groups attached to an aromatic ring is 1. The Morgan fingerprint density at radius 2 is 2.07 bits per heavy atom. The number of nitrogens with two attached hydrogens (primary N) is 1. The van der Waals surface area contributed by atoms with Crippen LogP contribution in [0.3, 0.4) is 0 Å². The third kappa shape index (κ3) is 1.83. The van der Waals surface area contributed by atoms with Crippen LogP contribution in [-0.4, -0.2) is 4.98 Å². The van der Waals surface area contributed by atoms with Crippen molar-refractivity contribution >= 4 is 17.3 Å². The SMILES string of the molecule is Cc1nc(-c2ccc(N)cc2Cl)oc1C. The van der Waals surface area contributed by atoms with Gasteiger partial charge in [-0.15, -0.1) is 0 Å². The highest BCUT2D eigenvalue weighted by Gasteiger charge is 2.11. The molecular weight excluding hydrogens is 212 g/mol. The second-order valence-corrected chi connectivity index (χ2v) is 3.81. The molecule has 1 aromatic heterocycles. The molecule has 0 spiro atoms. The fourth-order valence-electron chi connectivity index (χ4n) is 1.29. The number of hydrogen-bond donors (Lipinski definition) is 1. The van der Waals surface area contributed by atoms with Crippen molar-refractivity contribution in [2.75, 3.05) is 5.73 Å². The number of aromatic nitrogens is 1. The van der Waals surface area contributed by atoms with Crippen LogP contribution in [0.1, 0.15) is 11.5 Å². The molecule has 15 heavy (non-hydrogen) atoms. The summed E-state index contributed by atoms with van der Waals surface area (Å²) in [5, 5.41) is 0.552. The Hall–Kier alpha value is -1.48. The average molecular weight is 223 g/mol. The number of aryl methyl sites for hydroxylation is 2. The minimum Gasteiger partial charge on any atom is -0.441 e. The van der Waals surface area contributed by atoms with E-state index < -0.39 is 0 Å². The lowest BCUT2D eigenvalue weighted by Crippen LogP contribution is -1.86. The van der Waals surface area contributed by atoms with E-state index in [0.29, 0.717) is 16.6 Å². The minimum atomic E-state index is 0.537. The van der Waals surface area contributed by atoms with Crippen LogP contribution in [0.4, 0.5) is 5.69 Å². The summed E-state index contributed by atoms with van der Waals surface area (Å²) < 4.78 is 5.48. The highest BCUT2D eigenvalue weighted by Crippen LogP contribution is 2.29. The Morgan fingerprint density at radius 3 is 2.60 bits per heavy atom. The maximum absolute atomic E-state index is 6.05. The van der Waals surface area contributed by atoms with E-state index in [4.69, 9.17) is 21.8 Å². The fraction of sp³-hybridized carbons (Fsp3) is 0.182. The van der Waals surface area contributed by atoms with Gasteiger partial charge in [0.05, 0.1) is 16.3 Å². The summed E-state index contributed by atoms with van der Waals surface area (Å²) in [7, 11) is 0. The molecule has 0 bridgehead atoms. The van der Waals surface area contributed by atoms with Crippen LogP contribution in [-0.2, 0) is 0 Å². The molecular formula is C11H11ClN2O. The normalized spacial score (nSPS) is 10.6. The Kier molecular flexibility index (Phi) is 2.40. The molecule has 2 rings (SSSR count). The van der Waals surface area contributed by atoms with E-state index in [-0.39, 0.29) is 0 Å². The largest absolute Gasteiger partial charge is 0.441 e. The Bertz CT molecular complexity index is 486. The van der Waals surface area contributed by atoms with Crippen LogP contribution in [0, 0.1) is 13.8 Å². The zero-order valence-corrected chi connectivity index (χ0v) is 9.30. The number of rotatable bonds is 1. The molecule has 0 saturated heterocycles. The van der Waals surface area contributed by atoms with Crippen molar-refractivity contribution in [2.45, 2.75) is 13.8 Å². The third-order valence-corrected chi connectivity index (χ3v) is 2.56. The van der Waals surface area contributed by atoms with Crippen LogP contribution in [0.25, 0.3) is 11.5 Å². The van der Waals surface area contributed by atoms with Gasteiger partial charge in [-0.1, -0.05) is 11.6 Å². The number of benzene rings is 1. The van der Waals surface area contributed by atoms with Crippen molar-refractivity contribution in [3.05, 3.63) is 34.7 Å². The number of oxazole rings is 1. The molecule has 0 unspecified atom stereocenters. The maximum Gasteiger partial charge on any atom is 0.228 e. The number of nitrogens with zero attached hydrogens (tertiary/aromatic N) is 1. The molecule has 0 amide bonds. The molecule has 3 nitrogen and oxygen atoms in total. The number of hydrogen-bond acceptors (Lipinski definition) is 3. The van der Waals surface area contributed by atoms with Gasteiger partial charge in [0.25, 0.3) is 0 Å². The van der Waals surface area contributed by atoms with Crippen LogP contribution in [0.5, 0.6) is 0 Å². The lowest BCUT2D eigenvalue weighted by molar-refractivity contribution is 0.541. The molecule has 4 heteroatoms. The molecule has 1 aromatic carbocycles. The van der Waals surface area contributed by atoms with Crippen molar-refractivity contribution in [3.8, 4) is 11.5 Å². The van der Waals surface area contributed by atoms with Gasteiger partial charge in [0.15, 0.2) is 0 Å². The first-order valence-corrected chi connectivity index (χ1v) is 4.95. The van der Waals surface area contributed by atoms with Gasteiger partial charge < -0.3 is 10.2 Å². The van der Waals surface area contributed by atoms with Crippen LogP contribution in [0.2, 0.25) is 5.02 Å². The summed E-state index contributed by atoms with van der Waals surface area (Å²) in [5.41, 5.74) is 7.87.